The minimum Gasteiger partial charge on any atom is -0.490 e. The van der Waals surface area contributed by atoms with Crippen LogP contribution in [0.1, 0.15) is 10.4 Å². The Labute approximate surface area is 91.1 Å². The molecule has 3 nitrogen and oxygen atoms in total. The predicted octanol–water partition coefficient (Wildman–Crippen LogP) is 2.29. The fourth-order valence-corrected chi connectivity index (χ4v) is 1.45. The average molecular weight is 259 g/mol. The molecule has 1 aromatic rings. The summed E-state index contributed by atoms with van der Waals surface area (Å²) in [7, 11) is 1.62. The third-order valence-electron chi connectivity index (χ3n) is 1.64. The second-order valence-corrected chi connectivity index (χ2v) is 3.50. The maximum Gasteiger partial charge on any atom is 0.150 e. The van der Waals surface area contributed by atoms with E-state index in [1.165, 1.54) is 0 Å². The SMILES string of the molecule is COCCOc1ccc(C=O)cc1Br. The summed E-state index contributed by atoms with van der Waals surface area (Å²) in [4.78, 5) is 10.4. The van der Waals surface area contributed by atoms with Gasteiger partial charge < -0.3 is 9.47 Å². The monoisotopic (exact) mass is 258 g/mol. The maximum absolute atomic E-state index is 10.4. The molecule has 1 rings (SSSR count). The van der Waals surface area contributed by atoms with E-state index in [9.17, 15) is 4.79 Å². The number of benzene rings is 1. The summed E-state index contributed by atoms with van der Waals surface area (Å²) in [6.07, 6.45) is 0.795. The van der Waals surface area contributed by atoms with E-state index in [4.69, 9.17) is 9.47 Å². The number of hydrogen-bond acceptors (Lipinski definition) is 3. The Bertz CT molecular complexity index is 312. The lowest BCUT2D eigenvalue weighted by atomic mass is 10.2. The number of carbonyl (C=O) groups is 1. The summed E-state index contributed by atoms with van der Waals surface area (Å²) in [5, 5.41) is 0. The van der Waals surface area contributed by atoms with Crippen LogP contribution in [0.4, 0.5) is 0 Å². The van der Waals surface area contributed by atoms with Gasteiger partial charge in [0.05, 0.1) is 11.1 Å². The molecule has 0 N–H and O–H groups in total. The Morgan fingerprint density at radius 3 is 2.79 bits per heavy atom. The van der Waals surface area contributed by atoms with Gasteiger partial charge in [0.25, 0.3) is 0 Å². The van der Waals surface area contributed by atoms with E-state index in [1.807, 2.05) is 0 Å². The van der Waals surface area contributed by atoms with Crippen LogP contribution in [0, 0.1) is 0 Å². The van der Waals surface area contributed by atoms with E-state index in [-0.39, 0.29) is 0 Å². The molecule has 0 spiro atoms. The van der Waals surface area contributed by atoms with Gasteiger partial charge in [-0.2, -0.15) is 0 Å². The van der Waals surface area contributed by atoms with Crippen molar-refractivity contribution >= 4 is 22.2 Å². The molecule has 0 atom stereocenters. The highest BCUT2D eigenvalue weighted by Gasteiger charge is 2.01. The summed E-state index contributed by atoms with van der Waals surface area (Å²) in [5.74, 6) is 0.715. The topological polar surface area (TPSA) is 35.5 Å². The number of halogens is 1. The first-order valence-electron chi connectivity index (χ1n) is 4.14. The molecule has 0 amide bonds. The third-order valence-corrected chi connectivity index (χ3v) is 2.26. The van der Waals surface area contributed by atoms with E-state index in [0.717, 1.165) is 10.8 Å². The standard InChI is InChI=1S/C10H11BrO3/c1-13-4-5-14-10-3-2-8(7-12)6-9(10)11/h2-3,6-7H,4-5H2,1H3. The number of ether oxygens (including phenoxy) is 2. The van der Waals surface area contributed by atoms with Gasteiger partial charge in [-0.25, -0.2) is 0 Å². The Balaban J connectivity index is 2.64. The van der Waals surface area contributed by atoms with Crippen LogP contribution in [-0.4, -0.2) is 26.6 Å². The lowest BCUT2D eigenvalue weighted by molar-refractivity contribution is 0.112. The zero-order valence-electron chi connectivity index (χ0n) is 7.83. The number of carbonyl (C=O) groups excluding carboxylic acids is 1. The Morgan fingerprint density at radius 1 is 1.43 bits per heavy atom. The summed E-state index contributed by atoms with van der Waals surface area (Å²) in [6.45, 7) is 1.04. The fourth-order valence-electron chi connectivity index (χ4n) is 0.942. The molecular weight excluding hydrogens is 248 g/mol. The van der Waals surface area contributed by atoms with Crippen molar-refractivity contribution in [1.82, 2.24) is 0 Å². The quantitative estimate of drug-likeness (QED) is 0.601. The van der Waals surface area contributed by atoms with Gasteiger partial charge in [0.2, 0.25) is 0 Å². The molecule has 0 unspecified atom stereocenters. The Kier molecular flexibility index (Phi) is 4.62. The first-order chi connectivity index (χ1) is 6.77. The highest BCUT2D eigenvalue weighted by atomic mass is 79.9. The van der Waals surface area contributed by atoms with E-state index in [1.54, 1.807) is 25.3 Å². The minimum atomic E-state index is 0.496. The highest BCUT2D eigenvalue weighted by Crippen LogP contribution is 2.25. The number of methoxy groups -OCH3 is 1. The molecule has 0 saturated carbocycles. The van der Waals surface area contributed by atoms with Crippen molar-refractivity contribution in [3.63, 3.8) is 0 Å². The van der Waals surface area contributed by atoms with Gasteiger partial charge in [-0.1, -0.05) is 0 Å². The van der Waals surface area contributed by atoms with Crippen LogP contribution in [0.15, 0.2) is 22.7 Å². The highest BCUT2D eigenvalue weighted by molar-refractivity contribution is 9.10. The predicted molar refractivity (Wildman–Crippen MR) is 56.9 cm³/mol. The lowest BCUT2D eigenvalue weighted by Gasteiger charge is -2.07. The Morgan fingerprint density at radius 2 is 2.21 bits per heavy atom. The van der Waals surface area contributed by atoms with Gasteiger partial charge in [-0.3, -0.25) is 4.79 Å². The first-order valence-corrected chi connectivity index (χ1v) is 4.93. The van der Waals surface area contributed by atoms with Crippen molar-refractivity contribution in [2.45, 2.75) is 0 Å². The molecule has 1 aromatic carbocycles. The molecule has 0 aliphatic rings. The van der Waals surface area contributed by atoms with Crippen LogP contribution in [0.3, 0.4) is 0 Å². The molecule has 76 valence electrons. The molecule has 0 aromatic heterocycles. The van der Waals surface area contributed by atoms with Crippen LogP contribution in [0.25, 0.3) is 0 Å². The van der Waals surface area contributed by atoms with Gasteiger partial charge in [0, 0.05) is 12.7 Å². The summed E-state index contributed by atoms with van der Waals surface area (Å²) < 4.78 is 11.0. The number of aldehydes is 1. The molecule has 0 heterocycles. The van der Waals surface area contributed by atoms with Crippen LogP contribution >= 0.6 is 15.9 Å². The normalized spacial score (nSPS) is 9.86. The van der Waals surface area contributed by atoms with Crippen LogP contribution in [0.2, 0.25) is 0 Å². The van der Waals surface area contributed by atoms with E-state index in [2.05, 4.69) is 15.9 Å². The van der Waals surface area contributed by atoms with E-state index < -0.39 is 0 Å². The molecule has 0 radical (unpaired) electrons. The van der Waals surface area contributed by atoms with E-state index >= 15 is 0 Å². The minimum absolute atomic E-state index is 0.496. The summed E-state index contributed by atoms with van der Waals surface area (Å²) in [5.41, 5.74) is 0.621. The van der Waals surface area contributed by atoms with Crippen molar-refractivity contribution in [2.24, 2.45) is 0 Å². The molecule has 4 heteroatoms. The number of rotatable bonds is 5. The second kappa shape index (κ2) is 5.78. The average Bonchev–Trinajstić information content (AvgIpc) is 2.20. The van der Waals surface area contributed by atoms with Gasteiger partial charge in [0.15, 0.2) is 0 Å². The third kappa shape index (κ3) is 3.12. The summed E-state index contributed by atoms with van der Waals surface area (Å²) >= 11 is 3.32. The smallest absolute Gasteiger partial charge is 0.150 e. The maximum atomic E-state index is 10.4. The Hall–Kier alpha value is -0.870. The van der Waals surface area contributed by atoms with Crippen molar-refractivity contribution < 1.29 is 14.3 Å². The second-order valence-electron chi connectivity index (χ2n) is 2.65. The molecular formula is C10H11BrO3. The van der Waals surface area contributed by atoms with Gasteiger partial charge in [0.1, 0.15) is 18.6 Å². The van der Waals surface area contributed by atoms with Crippen molar-refractivity contribution in [3.8, 4) is 5.75 Å². The van der Waals surface area contributed by atoms with E-state index in [0.29, 0.717) is 24.5 Å². The molecule has 0 aliphatic carbocycles. The lowest BCUT2D eigenvalue weighted by Crippen LogP contribution is -2.04. The van der Waals surface area contributed by atoms with Crippen molar-refractivity contribution in [1.29, 1.82) is 0 Å². The van der Waals surface area contributed by atoms with Gasteiger partial charge in [-0.15, -0.1) is 0 Å². The van der Waals surface area contributed by atoms with Gasteiger partial charge in [-0.05, 0) is 34.1 Å². The van der Waals surface area contributed by atoms with Crippen LogP contribution in [0.5, 0.6) is 5.75 Å². The van der Waals surface area contributed by atoms with Crippen molar-refractivity contribution in [2.75, 3.05) is 20.3 Å². The molecule has 0 aliphatic heterocycles. The van der Waals surface area contributed by atoms with Gasteiger partial charge >= 0.3 is 0 Å². The zero-order valence-corrected chi connectivity index (χ0v) is 9.41. The molecule has 0 fully saturated rings. The fraction of sp³-hybridized carbons (Fsp3) is 0.300. The molecule has 0 bridgehead atoms. The zero-order chi connectivity index (χ0) is 10.4. The van der Waals surface area contributed by atoms with Crippen LogP contribution < -0.4 is 4.74 Å². The molecule has 0 saturated heterocycles. The summed E-state index contributed by atoms with van der Waals surface area (Å²) in [6, 6.07) is 5.18. The largest absolute Gasteiger partial charge is 0.490 e. The molecule has 14 heavy (non-hydrogen) atoms. The van der Waals surface area contributed by atoms with Crippen LogP contribution in [-0.2, 0) is 4.74 Å². The first kappa shape index (κ1) is 11.2. The van der Waals surface area contributed by atoms with Crippen molar-refractivity contribution in [3.05, 3.63) is 28.2 Å². The number of hydrogen-bond donors (Lipinski definition) is 0.